The van der Waals surface area contributed by atoms with Crippen molar-refractivity contribution in [2.45, 2.75) is 45.8 Å². The molecular weight excluding hydrogens is 835 g/mol. The lowest BCUT2D eigenvalue weighted by Gasteiger charge is -2.35. The Morgan fingerprint density at radius 3 is 2.31 bits per heavy atom. The fraction of sp³-hybridized carbons (Fsp3) is 0.435. The number of piperidine rings is 1. The predicted molar refractivity (Wildman–Crippen MR) is 239 cm³/mol. The molecule has 0 bridgehead atoms. The minimum Gasteiger partial charge on any atom is -0.491 e. The number of piperazine rings is 1. The maximum atomic E-state index is 13.0. The van der Waals surface area contributed by atoms with Gasteiger partial charge >= 0.3 is 0 Å². The summed E-state index contributed by atoms with van der Waals surface area (Å²) in [6.45, 7) is 13.0. The van der Waals surface area contributed by atoms with Crippen molar-refractivity contribution in [1.29, 1.82) is 0 Å². The number of ether oxygens (including phenoxy) is 4. The molecule has 0 saturated carbocycles. The molecule has 19 nitrogen and oxygen atoms in total. The van der Waals surface area contributed by atoms with Gasteiger partial charge in [0.05, 0.1) is 87.7 Å². The highest BCUT2D eigenvalue weighted by Gasteiger charge is 2.44. The van der Waals surface area contributed by atoms with E-state index in [0.29, 0.717) is 70.9 Å². The Morgan fingerprint density at radius 1 is 0.800 bits per heavy atom. The van der Waals surface area contributed by atoms with E-state index in [4.69, 9.17) is 18.9 Å². The first kappa shape index (κ1) is 45.0. The molecule has 3 aliphatic rings. The number of imide groups is 2. The molecule has 3 aliphatic heterocycles. The van der Waals surface area contributed by atoms with Crippen LogP contribution >= 0.6 is 0 Å². The second-order valence-electron chi connectivity index (χ2n) is 16.5. The van der Waals surface area contributed by atoms with Gasteiger partial charge in [0.25, 0.3) is 11.8 Å². The zero-order valence-corrected chi connectivity index (χ0v) is 36.8. The maximum absolute atomic E-state index is 13.0. The van der Waals surface area contributed by atoms with Crippen molar-refractivity contribution in [2.75, 3.05) is 89.2 Å². The zero-order chi connectivity index (χ0) is 45.1. The summed E-state index contributed by atoms with van der Waals surface area (Å²) in [4.78, 5) is 59.7. The van der Waals surface area contributed by atoms with Crippen LogP contribution in [0.15, 0.2) is 79.5 Å². The average Bonchev–Trinajstić information content (AvgIpc) is 4.05. The van der Waals surface area contributed by atoms with Gasteiger partial charge in [-0.3, -0.25) is 39.3 Å². The number of hydrogen-bond acceptors (Lipinski definition) is 15. The molecule has 8 rings (SSSR count). The number of fused-ring (bicyclic) bond motifs is 1. The van der Waals surface area contributed by atoms with Crippen LogP contribution in [0.25, 0.3) is 16.8 Å². The quantitative estimate of drug-likeness (QED) is 0.0756. The van der Waals surface area contributed by atoms with Crippen LogP contribution in [0.4, 0.5) is 11.4 Å². The van der Waals surface area contributed by atoms with E-state index in [1.165, 1.54) is 5.69 Å². The van der Waals surface area contributed by atoms with Crippen LogP contribution in [-0.2, 0) is 36.9 Å². The summed E-state index contributed by atoms with van der Waals surface area (Å²) in [5, 5.41) is 18.7. The van der Waals surface area contributed by atoms with E-state index in [0.717, 1.165) is 65.9 Å². The fourth-order valence-corrected chi connectivity index (χ4v) is 7.87. The van der Waals surface area contributed by atoms with Gasteiger partial charge in [0.2, 0.25) is 11.8 Å². The third-order valence-corrected chi connectivity index (χ3v) is 11.3. The molecule has 342 valence electrons. The Kier molecular flexibility index (Phi) is 14.8. The number of pyridine rings is 1. The Balaban J connectivity index is 0.657. The van der Waals surface area contributed by atoms with E-state index in [1.54, 1.807) is 30.6 Å². The Labute approximate surface area is 377 Å². The van der Waals surface area contributed by atoms with Crippen molar-refractivity contribution in [2.24, 2.45) is 5.92 Å². The zero-order valence-electron chi connectivity index (χ0n) is 36.8. The number of nitrogens with zero attached hydrogens (tertiary/aromatic N) is 9. The molecule has 6 heterocycles. The minimum absolute atomic E-state index is 0.0734. The Hall–Kier alpha value is -6.54. The molecule has 0 spiro atoms. The number of benzene rings is 2. The Morgan fingerprint density at radius 2 is 1.54 bits per heavy atom. The molecule has 1 atom stereocenters. The van der Waals surface area contributed by atoms with Gasteiger partial charge in [0.15, 0.2) is 0 Å². The van der Waals surface area contributed by atoms with E-state index in [2.05, 4.69) is 78.9 Å². The number of anilines is 2. The molecule has 2 aromatic carbocycles. The van der Waals surface area contributed by atoms with E-state index >= 15 is 0 Å². The van der Waals surface area contributed by atoms with Crippen LogP contribution in [0.1, 0.15) is 53.1 Å². The summed E-state index contributed by atoms with van der Waals surface area (Å²) in [6, 6.07) is 14.4. The van der Waals surface area contributed by atoms with Gasteiger partial charge < -0.3 is 29.2 Å². The first-order valence-corrected chi connectivity index (χ1v) is 22.1. The number of carbonyl (C=O) groups is 4. The summed E-state index contributed by atoms with van der Waals surface area (Å²) in [5.74, 6) is -0.945. The van der Waals surface area contributed by atoms with Crippen molar-refractivity contribution in [3.05, 3.63) is 96.3 Å². The monoisotopic (exact) mass is 889 g/mol. The summed E-state index contributed by atoms with van der Waals surface area (Å²) >= 11 is 0. The van der Waals surface area contributed by atoms with Gasteiger partial charge in [-0.15, -0.1) is 5.10 Å². The molecule has 2 fully saturated rings. The van der Waals surface area contributed by atoms with E-state index in [-0.39, 0.29) is 24.0 Å². The van der Waals surface area contributed by atoms with Crippen molar-refractivity contribution >= 4 is 35.0 Å². The summed E-state index contributed by atoms with van der Waals surface area (Å²) in [7, 11) is 0. The molecule has 5 aromatic rings. The van der Waals surface area contributed by atoms with Gasteiger partial charge in [0.1, 0.15) is 11.8 Å². The highest BCUT2D eigenvalue weighted by molar-refractivity contribution is 6.23. The number of carbonyl (C=O) groups excluding carboxylic acids is 4. The third-order valence-electron chi connectivity index (χ3n) is 11.3. The number of nitrogens with one attached hydrogen (secondary N) is 2. The number of rotatable bonds is 22. The smallest absolute Gasteiger partial charge is 0.262 e. The molecule has 3 aromatic heterocycles. The molecule has 0 radical (unpaired) electrons. The van der Waals surface area contributed by atoms with Gasteiger partial charge in [-0.25, -0.2) is 9.36 Å². The number of hydrogen-bond donors (Lipinski definition) is 2. The molecule has 19 heteroatoms. The summed E-state index contributed by atoms with van der Waals surface area (Å²) in [6.07, 6.45) is 9.59. The molecule has 4 amide bonds. The minimum atomic E-state index is -0.995. The van der Waals surface area contributed by atoms with E-state index in [1.807, 2.05) is 34.0 Å². The average molecular weight is 890 g/mol. The maximum Gasteiger partial charge on any atom is 0.262 e. The first-order valence-electron chi connectivity index (χ1n) is 22.1. The number of amides is 4. The van der Waals surface area contributed by atoms with Crippen molar-refractivity contribution in [1.82, 2.24) is 44.9 Å². The second-order valence-corrected chi connectivity index (χ2v) is 16.5. The van der Waals surface area contributed by atoms with Crippen molar-refractivity contribution in [3.63, 3.8) is 0 Å². The molecule has 2 saturated heterocycles. The van der Waals surface area contributed by atoms with Gasteiger partial charge in [-0.2, -0.15) is 5.10 Å². The van der Waals surface area contributed by atoms with Crippen LogP contribution in [0, 0.1) is 5.92 Å². The predicted octanol–water partition coefficient (Wildman–Crippen LogP) is 3.45. The molecule has 2 N–H and O–H groups in total. The highest BCUT2D eigenvalue weighted by Crippen LogP contribution is 2.31. The summed E-state index contributed by atoms with van der Waals surface area (Å²) in [5.41, 5.74) is 6.17. The van der Waals surface area contributed by atoms with Crippen molar-refractivity contribution < 1.29 is 38.1 Å². The highest BCUT2D eigenvalue weighted by atomic mass is 16.5. The lowest BCUT2D eigenvalue weighted by Crippen LogP contribution is -2.54. The molecule has 0 aliphatic carbocycles. The van der Waals surface area contributed by atoms with Crippen LogP contribution in [0.2, 0.25) is 0 Å². The van der Waals surface area contributed by atoms with Gasteiger partial charge in [-0.05, 0) is 60.9 Å². The largest absolute Gasteiger partial charge is 0.491 e. The Bertz CT molecular complexity index is 2430. The third kappa shape index (κ3) is 11.4. The number of aromatic nitrogens is 6. The van der Waals surface area contributed by atoms with Crippen molar-refractivity contribution in [3.8, 4) is 22.6 Å². The second kappa shape index (κ2) is 21.4. The SMILES string of the molecule is CC(C)COc1cnccc1-c1cnn(-c2ccc(N3CCN(Cc4cn(CCOCCOCCOCCNc5ccc6c(c5)C(=O)N(C5CCC(=O)NC5=O)C6=O)nn4)CC3)cc2)c1. The van der Waals surface area contributed by atoms with Crippen LogP contribution in [-0.4, -0.2) is 148 Å². The fourth-order valence-electron chi connectivity index (χ4n) is 7.87. The van der Waals surface area contributed by atoms with Crippen LogP contribution in [0.5, 0.6) is 5.75 Å². The topological polar surface area (TPSA) is 200 Å². The van der Waals surface area contributed by atoms with Crippen LogP contribution in [0.3, 0.4) is 0 Å². The lowest BCUT2D eigenvalue weighted by molar-refractivity contribution is -0.136. The molecule has 65 heavy (non-hydrogen) atoms. The first-order chi connectivity index (χ1) is 31.7. The lowest BCUT2D eigenvalue weighted by atomic mass is 10.0. The van der Waals surface area contributed by atoms with Gasteiger partial charge in [0, 0.05) is 86.8 Å². The molecular formula is C46H55N11O8. The van der Waals surface area contributed by atoms with E-state index < -0.39 is 29.7 Å². The summed E-state index contributed by atoms with van der Waals surface area (Å²) < 4.78 is 26.7. The standard InChI is InChI=1S/C46H55N11O8/c1-32(2)31-65-42-27-47-12-11-38(42)33-26-49-56(28-33)37-6-4-36(5-7-37)54-16-14-53(15-17-54)29-35-30-55(52-51-35)18-20-63-22-24-64-23-21-62-19-13-48-34-3-8-39-40(25-34)46(61)57(45(39)60)41-9-10-43(58)50-44(41)59/h3-8,11-12,25-28,30,32,41,48H,9-10,13-24,29,31H2,1-2H3,(H,50,58,59). The normalized spacial score (nSPS) is 16.7. The van der Waals surface area contributed by atoms with Gasteiger partial charge in [-0.1, -0.05) is 19.1 Å². The van der Waals surface area contributed by atoms with E-state index in [9.17, 15) is 19.2 Å². The van der Waals surface area contributed by atoms with Crippen LogP contribution < -0.4 is 20.3 Å². The molecule has 1 unspecified atom stereocenters.